The number of aromatic nitrogens is 1. The van der Waals surface area contributed by atoms with E-state index in [-0.39, 0.29) is 0 Å². The number of nitrogens with zero attached hydrogens (tertiary/aromatic N) is 2. The summed E-state index contributed by atoms with van der Waals surface area (Å²) in [4.78, 5) is 2.46. The number of fused-ring (bicyclic) bond motifs is 15. The molecule has 0 fully saturated rings. The molecular formula is C74H48N2. The molecule has 76 heavy (non-hydrogen) atoms. The molecule has 1 atom stereocenters. The van der Waals surface area contributed by atoms with E-state index >= 15 is 0 Å². The molecule has 1 unspecified atom stereocenters. The van der Waals surface area contributed by atoms with E-state index in [0.717, 1.165) is 17.1 Å². The minimum Gasteiger partial charge on any atom is -0.310 e. The summed E-state index contributed by atoms with van der Waals surface area (Å²) in [5, 5.41) is 2.57. The highest BCUT2D eigenvalue weighted by Gasteiger charge is 2.51. The van der Waals surface area contributed by atoms with E-state index < -0.39 is 10.8 Å². The third kappa shape index (κ3) is 5.76. The Kier molecular flexibility index (Phi) is 9.20. The van der Waals surface area contributed by atoms with Gasteiger partial charge >= 0.3 is 0 Å². The second-order valence-electron chi connectivity index (χ2n) is 20.7. The van der Waals surface area contributed by atoms with Crippen LogP contribution in [0.1, 0.15) is 44.5 Å². The predicted molar refractivity (Wildman–Crippen MR) is 315 cm³/mol. The lowest BCUT2D eigenvalue weighted by Gasteiger charge is -2.39. The Bertz CT molecular complexity index is 4410. The van der Waals surface area contributed by atoms with Gasteiger partial charge in [0, 0.05) is 27.8 Å². The van der Waals surface area contributed by atoms with E-state index in [1.165, 1.54) is 117 Å². The van der Waals surface area contributed by atoms with Crippen molar-refractivity contribution >= 4 is 38.9 Å². The maximum absolute atomic E-state index is 2.52. The lowest BCUT2D eigenvalue weighted by molar-refractivity contribution is 0.748. The summed E-state index contributed by atoms with van der Waals surface area (Å²) in [6.45, 7) is 0. The van der Waals surface area contributed by atoms with Crippen molar-refractivity contribution in [2.45, 2.75) is 10.8 Å². The standard InChI is InChI=1S/C74H48N2/c1-4-21-49(22-5-1)51-23-18-28-55(47-51)75(56-45-46-59-58-29-10-13-34-63(58)73(68(59)48-56,52-24-6-2-7-25-52)53-26-8-3-9-27-53)54-43-41-50(42-44-54)57-32-19-37-66-71(57)62-31-11-14-35-64(62)74(66)65-36-15-17-40-70(65)76-69-39-16-12-30-60(69)61-33-20-38-67(74)72(61)76/h1-48H. The molecule has 0 N–H and O–H groups in total. The van der Waals surface area contributed by atoms with Crippen LogP contribution in [0.25, 0.3) is 72.0 Å². The van der Waals surface area contributed by atoms with E-state index in [1.54, 1.807) is 0 Å². The van der Waals surface area contributed by atoms with E-state index in [4.69, 9.17) is 0 Å². The third-order valence-electron chi connectivity index (χ3n) is 17.1. The van der Waals surface area contributed by atoms with E-state index in [2.05, 4.69) is 301 Å². The Morgan fingerprint density at radius 1 is 0.276 bits per heavy atom. The highest BCUT2D eigenvalue weighted by Crippen LogP contribution is 2.63. The van der Waals surface area contributed by atoms with Crippen LogP contribution in [0.3, 0.4) is 0 Å². The van der Waals surface area contributed by atoms with E-state index in [0.29, 0.717) is 0 Å². The molecule has 2 heterocycles. The molecule has 354 valence electrons. The van der Waals surface area contributed by atoms with Crippen molar-refractivity contribution in [2.24, 2.45) is 0 Å². The van der Waals surface area contributed by atoms with Crippen LogP contribution >= 0.6 is 0 Å². The molecule has 2 heteroatoms. The Labute approximate surface area is 442 Å². The Balaban J connectivity index is 0.895. The van der Waals surface area contributed by atoms with Crippen LogP contribution in [-0.2, 0) is 10.8 Å². The van der Waals surface area contributed by atoms with Crippen LogP contribution in [0.2, 0.25) is 0 Å². The minimum absolute atomic E-state index is 0.523. The van der Waals surface area contributed by atoms with Gasteiger partial charge in [0.2, 0.25) is 0 Å². The molecule has 1 spiro atoms. The van der Waals surface area contributed by atoms with Crippen molar-refractivity contribution in [3.8, 4) is 50.2 Å². The van der Waals surface area contributed by atoms with Gasteiger partial charge in [-0.2, -0.15) is 0 Å². The normalized spacial score (nSPS) is 15.0. The van der Waals surface area contributed by atoms with Crippen LogP contribution in [0.4, 0.5) is 17.1 Å². The lowest BCUT2D eigenvalue weighted by atomic mass is 9.65. The molecule has 13 aromatic rings. The molecule has 0 saturated carbocycles. The third-order valence-corrected chi connectivity index (χ3v) is 17.1. The molecular weight excluding hydrogens is 917 g/mol. The molecule has 3 aliphatic rings. The lowest BCUT2D eigenvalue weighted by Crippen LogP contribution is -2.33. The van der Waals surface area contributed by atoms with Crippen LogP contribution in [0.15, 0.2) is 291 Å². The van der Waals surface area contributed by atoms with Gasteiger partial charge in [-0.15, -0.1) is 0 Å². The van der Waals surface area contributed by atoms with E-state index in [9.17, 15) is 0 Å². The fourth-order valence-electron chi connectivity index (χ4n) is 14.1. The topological polar surface area (TPSA) is 8.17 Å². The summed E-state index contributed by atoms with van der Waals surface area (Å²) < 4.78 is 2.52. The summed E-state index contributed by atoms with van der Waals surface area (Å²) in [6, 6.07) is 109. The number of hydrogen-bond acceptors (Lipinski definition) is 1. The number of hydrogen-bond donors (Lipinski definition) is 0. The molecule has 2 nitrogen and oxygen atoms in total. The second-order valence-corrected chi connectivity index (χ2v) is 20.7. The quantitative estimate of drug-likeness (QED) is 0.155. The first-order chi connectivity index (χ1) is 37.7. The largest absolute Gasteiger partial charge is 0.310 e. The Hall–Kier alpha value is -9.76. The monoisotopic (exact) mass is 964 g/mol. The van der Waals surface area contributed by atoms with Gasteiger partial charge in [-0.05, 0) is 138 Å². The van der Waals surface area contributed by atoms with Gasteiger partial charge in [-0.25, -0.2) is 0 Å². The first kappa shape index (κ1) is 42.7. The van der Waals surface area contributed by atoms with Gasteiger partial charge in [0.15, 0.2) is 0 Å². The summed E-state index contributed by atoms with van der Waals surface area (Å²) in [5.41, 5.74) is 26.2. The van der Waals surface area contributed by atoms with Crippen molar-refractivity contribution in [3.63, 3.8) is 0 Å². The molecule has 0 saturated heterocycles. The number of benzene rings is 12. The fraction of sp³-hybridized carbons (Fsp3) is 0.0270. The zero-order valence-electron chi connectivity index (χ0n) is 41.6. The first-order valence-corrected chi connectivity index (χ1v) is 26.5. The number of para-hydroxylation sites is 3. The maximum atomic E-state index is 2.52. The fourth-order valence-corrected chi connectivity index (χ4v) is 14.1. The van der Waals surface area contributed by atoms with Crippen molar-refractivity contribution in [1.82, 2.24) is 4.57 Å². The first-order valence-electron chi connectivity index (χ1n) is 26.5. The van der Waals surface area contributed by atoms with Gasteiger partial charge in [-0.3, -0.25) is 0 Å². The average molecular weight is 965 g/mol. The van der Waals surface area contributed by atoms with Crippen molar-refractivity contribution in [1.29, 1.82) is 0 Å². The zero-order valence-corrected chi connectivity index (χ0v) is 41.6. The van der Waals surface area contributed by atoms with Crippen molar-refractivity contribution in [3.05, 3.63) is 336 Å². The van der Waals surface area contributed by atoms with Gasteiger partial charge in [-0.1, -0.05) is 243 Å². The van der Waals surface area contributed by atoms with Gasteiger partial charge < -0.3 is 9.47 Å². The summed E-state index contributed by atoms with van der Waals surface area (Å²) in [6.07, 6.45) is 0. The molecule has 0 radical (unpaired) electrons. The SMILES string of the molecule is c1ccc(-c2cccc(N(c3ccc(-c4cccc5c4-c4ccccc4C54c5ccccc5-n5c6ccccc6c6cccc4c65)cc3)c3ccc4c(c3)C(c3ccccc3)(c3ccccc3)c3ccccc3-4)c2)cc1. The van der Waals surface area contributed by atoms with Crippen LogP contribution < -0.4 is 4.90 Å². The van der Waals surface area contributed by atoms with Crippen LogP contribution in [0, 0.1) is 0 Å². The summed E-state index contributed by atoms with van der Waals surface area (Å²) >= 11 is 0. The zero-order chi connectivity index (χ0) is 50.0. The van der Waals surface area contributed by atoms with Crippen molar-refractivity contribution < 1.29 is 0 Å². The minimum atomic E-state index is -0.534. The summed E-state index contributed by atoms with van der Waals surface area (Å²) in [7, 11) is 0. The smallest absolute Gasteiger partial charge is 0.0754 e. The summed E-state index contributed by atoms with van der Waals surface area (Å²) in [5.74, 6) is 0. The number of anilines is 3. The number of rotatable bonds is 7. The second kappa shape index (κ2) is 16.4. The highest BCUT2D eigenvalue weighted by atomic mass is 15.1. The van der Waals surface area contributed by atoms with Crippen molar-refractivity contribution in [2.75, 3.05) is 4.90 Å². The van der Waals surface area contributed by atoms with Gasteiger partial charge in [0.25, 0.3) is 0 Å². The molecule has 0 bridgehead atoms. The van der Waals surface area contributed by atoms with E-state index in [1.807, 2.05) is 0 Å². The molecule has 2 aliphatic carbocycles. The van der Waals surface area contributed by atoms with Gasteiger partial charge in [0.05, 0.1) is 27.6 Å². The van der Waals surface area contributed by atoms with Gasteiger partial charge in [0.1, 0.15) is 0 Å². The maximum Gasteiger partial charge on any atom is 0.0754 e. The molecule has 16 rings (SSSR count). The van der Waals surface area contributed by atoms with Crippen LogP contribution in [0.5, 0.6) is 0 Å². The highest BCUT2D eigenvalue weighted by molar-refractivity contribution is 6.13. The predicted octanol–water partition coefficient (Wildman–Crippen LogP) is 18.6. The van der Waals surface area contributed by atoms with Crippen LogP contribution in [-0.4, -0.2) is 4.57 Å². The Morgan fingerprint density at radius 3 is 1.58 bits per heavy atom. The Morgan fingerprint density at radius 2 is 0.803 bits per heavy atom. The molecule has 1 aliphatic heterocycles. The average Bonchev–Trinajstić information content (AvgIpc) is 4.16. The molecule has 1 aromatic heterocycles. The molecule has 12 aromatic carbocycles. The molecule has 0 amide bonds.